The first kappa shape index (κ1) is 13.8. The molecule has 0 bridgehead atoms. The number of ether oxygens (including phenoxy) is 1. The predicted octanol–water partition coefficient (Wildman–Crippen LogP) is 1.53. The second kappa shape index (κ2) is 5.54. The van der Waals surface area contributed by atoms with Gasteiger partial charge in [-0.25, -0.2) is 12.7 Å². The van der Waals surface area contributed by atoms with Gasteiger partial charge in [0.1, 0.15) is 6.23 Å². The van der Waals surface area contributed by atoms with Gasteiger partial charge in [0.2, 0.25) is 5.91 Å². The van der Waals surface area contributed by atoms with Crippen LogP contribution in [0.5, 0.6) is 0 Å². The van der Waals surface area contributed by atoms with Crippen LogP contribution in [0.15, 0.2) is 47.9 Å². The van der Waals surface area contributed by atoms with E-state index in [9.17, 15) is 13.2 Å². The van der Waals surface area contributed by atoms with Gasteiger partial charge in [0.05, 0.1) is 11.5 Å². The second-order valence-electron chi connectivity index (χ2n) is 4.12. The molecule has 0 radical (unpaired) electrons. The summed E-state index contributed by atoms with van der Waals surface area (Å²) in [6.45, 7) is 3.72. The Morgan fingerprint density at radius 2 is 2.05 bits per heavy atom. The zero-order valence-electron chi connectivity index (χ0n) is 10.4. The minimum Gasteiger partial charge on any atom is -0.353 e. The Labute approximate surface area is 112 Å². The monoisotopic (exact) mass is 281 g/mol. The summed E-state index contributed by atoms with van der Waals surface area (Å²) in [6, 6.07) is 7.88. The molecule has 1 unspecified atom stereocenters. The van der Waals surface area contributed by atoms with Crippen molar-refractivity contribution in [1.82, 2.24) is 4.31 Å². The molecule has 1 saturated heterocycles. The summed E-state index contributed by atoms with van der Waals surface area (Å²) in [5.74, 6) is -0.432. The van der Waals surface area contributed by atoms with E-state index in [2.05, 4.69) is 6.58 Å². The number of carbonyl (C=O) groups excluding carboxylic acids is 1. The molecule has 2 rings (SSSR count). The number of rotatable bonds is 5. The van der Waals surface area contributed by atoms with Gasteiger partial charge < -0.3 is 4.74 Å². The fraction of sp³-hybridized carbons (Fsp3) is 0.308. The van der Waals surface area contributed by atoms with Crippen molar-refractivity contribution in [1.29, 1.82) is 0 Å². The van der Waals surface area contributed by atoms with Gasteiger partial charge in [-0.15, -0.1) is 6.58 Å². The molecule has 0 saturated carbocycles. The van der Waals surface area contributed by atoms with Crippen LogP contribution in [0.25, 0.3) is 0 Å². The molecule has 102 valence electrons. The van der Waals surface area contributed by atoms with Crippen LogP contribution in [-0.2, 0) is 19.6 Å². The van der Waals surface area contributed by atoms with E-state index < -0.39 is 22.2 Å². The molecule has 1 aromatic carbocycles. The first-order valence-corrected chi connectivity index (χ1v) is 7.36. The fourth-order valence-corrected chi connectivity index (χ4v) is 3.52. The molecule has 0 aliphatic carbocycles. The van der Waals surface area contributed by atoms with Crippen molar-refractivity contribution in [3.8, 4) is 0 Å². The van der Waals surface area contributed by atoms with Crippen LogP contribution in [0.4, 0.5) is 0 Å². The Bertz CT molecular complexity index is 568. The third-order valence-corrected chi connectivity index (χ3v) is 4.64. The Morgan fingerprint density at radius 3 is 2.68 bits per heavy atom. The van der Waals surface area contributed by atoms with Crippen molar-refractivity contribution in [3.63, 3.8) is 0 Å². The van der Waals surface area contributed by atoms with Crippen molar-refractivity contribution >= 4 is 15.9 Å². The first-order valence-electron chi connectivity index (χ1n) is 5.92. The Hall–Kier alpha value is -1.66. The SMILES string of the molecule is C=CCOC1CCC(=O)N1S(=O)(=O)c1ccccc1. The van der Waals surface area contributed by atoms with Crippen molar-refractivity contribution in [2.24, 2.45) is 0 Å². The molecule has 1 aliphatic heterocycles. The lowest BCUT2D eigenvalue weighted by atomic mass is 10.3. The van der Waals surface area contributed by atoms with Gasteiger partial charge in [0.25, 0.3) is 10.0 Å². The molecule has 1 amide bonds. The summed E-state index contributed by atoms with van der Waals surface area (Å²) >= 11 is 0. The van der Waals surface area contributed by atoms with E-state index >= 15 is 0 Å². The molecule has 1 heterocycles. The molecule has 0 aromatic heterocycles. The summed E-state index contributed by atoms with van der Waals surface area (Å²) in [7, 11) is -3.84. The van der Waals surface area contributed by atoms with E-state index in [0.717, 1.165) is 4.31 Å². The Balaban J connectivity index is 2.32. The Kier molecular flexibility index (Phi) is 4.01. The third-order valence-electron chi connectivity index (χ3n) is 2.82. The van der Waals surface area contributed by atoms with Gasteiger partial charge in [0.15, 0.2) is 0 Å². The van der Waals surface area contributed by atoms with E-state index in [1.807, 2.05) is 0 Å². The molecule has 1 fully saturated rings. The van der Waals surface area contributed by atoms with Crippen LogP contribution in [-0.4, -0.2) is 31.5 Å². The Morgan fingerprint density at radius 1 is 1.37 bits per heavy atom. The maximum Gasteiger partial charge on any atom is 0.268 e. The number of sulfonamides is 1. The fourth-order valence-electron chi connectivity index (χ4n) is 1.96. The summed E-state index contributed by atoms with van der Waals surface area (Å²) in [4.78, 5) is 11.9. The largest absolute Gasteiger partial charge is 0.353 e. The van der Waals surface area contributed by atoms with E-state index in [4.69, 9.17) is 4.74 Å². The molecular formula is C13H15NO4S. The number of benzene rings is 1. The average molecular weight is 281 g/mol. The molecule has 1 aliphatic rings. The maximum absolute atomic E-state index is 12.4. The van der Waals surface area contributed by atoms with Crippen LogP contribution in [0.1, 0.15) is 12.8 Å². The van der Waals surface area contributed by atoms with Crippen molar-refractivity contribution < 1.29 is 17.9 Å². The molecule has 1 aromatic rings. The van der Waals surface area contributed by atoms with Crippen molar-refractivity contribution in [3.05, 3.63) is 43.0 Å². The topological polar surface area (TPSA) is 63.7 Å². The minimum atomic E-state index is -3.84. The summed E-state index contributed by atoms with van der Waals surface area (Å²) in [6.07, 6.45) is 1.33. The number of hydrogen-bond acceptors (Lipinski definition) is 4. The van der Waals surface area contributed by atoms with Gasteiger partial charge in [-0.05, 0) is 12.1 Å². The highest BCUT2D eigenvalue weighted by Crippen LogP contribution is 2.27. The quantitative estimate of drug-likeness (QED) is 0.768. The molecule has 19 heavy (non-hydrogen) atoms. The van der Waals surface area contributed by atoms with Crippen molar-refractivity contribution in [2.45, 2.75) is 24.0 Å². The van der Waals surface area contributed by atoms with Gasteiger partial charge in [0, 0.05) is 12.8 Å². The molecule has 0 spiro atoms. The van der Waals surface area contributed by atoms with Gasteiger partial charge in [-0.1, -0.05) is 24.3 Å². The third kappa shape index (κ3) is 2.69. The van der Waals surface area contributed by atoms with Crippen LogP contribution in [0, 0.1) is 0 Å². The van der Waals surface area contributed by atoms with E-state index in [1.54, 1.807) is 18.2 Å². The number of hydrogen-bond donors (Lipinski definition) is 0. The molecule has 6 heteroatoms. The van der Waals surface area contributed by atoms with Gasteiger partial charge >= 0.3 is 0 Å². The first-order chi connectivity index (χ1) is 9.07. The maximum atomic E-state index is 12.4. The number of carbonyl (C=O) groups is 1. The van der Waals surface area contributed by atoms with Crippen LogP contribution >= 0.6 is 0 Å². The van der Waals surface area contributed by atoms with Crippen LogP contribution in [0.3, 0.4) is 0 Å². The number of nitrogens with zero attached hydrogens (tertiary/aromatic N) is 1. The molecule has 0 N–H and O–H groups in total. The smallest absolute Gasteiger partial charge is 0.268 e. The highest BCUT2D eigenvalue weighted by molar-refractivity contribution is 7.89. The highest BCUT2D eigenvalue weighted by atomic mass is 32.2. The van der Waals surface area contributed by atoms with Crippen LogP contribution in [0.2, 0.25) is 0 Å². The molecule has 5 nitrogen and oxygen atoms in total. The standard InChI is InChI=1S/C13H15NO4S/c1-2-10-18-13-9-8-12(15)14(13)19(16,17)11-6-4-3-5-7-11/h2-7,13H,1,8-10H2. The summed E-state index contributed by atoms with van der Waals surface area (Å²) in [5.41, 5.74) is 0. The van der Waals surface area contributed by atoms with Crippen LogP contribution < -0.4 is 0 Å². The zero-order chi connectivity index (χ0) is 13.9. The van der Waals surface area contributed by atoms with Gasteiger partial charge in [-0.2, -0.15) is 0 Å². The number of amides is 1. The average Bonchev–Trinajstić information content (AvgIpc) is 2.79. The van der Waals surface area contributed by atoms with Crippen molar-refractivity contribution in [2.75, 3.05) is 6.61 Å². The lowest BCUT2D eigenvalue weighted by molar-refractivity contribution is -0.128. The summed E-state index contributed by atoms with van der Waals surface area (Å²) in [5, 5.41) is 0. The lowest BCUT2D eigenvalue weighted by Crippen LogP contribution is -2.40. The molecular weight excluding hydrogens is 266 g/mol. The summed E-state index contributed by atoms with van der Waals surface area (Å²) < 4.78 is 31.0. The predicted molar refractivity (Wildman–Crippen MR) is 69.6 cm³/mol. The van der Waals surface area contributed by atoms with Gasteiger partial charge in [-0.3, -0.25) is 4.79 Å². The second-order valence-corrected chi connectivity index (χ2v) is 5.94. The van der Waals surface area contributed by atoms with E-state index in [1.165, 1.54) is 18.2 Å². The molecule has 1 atom stereocenters. The zero-order valence-corrected chi connectivity index (χ0v) is 11.2. The van der Waals surface area contributed by atoms with E-state index in [0.29, 0.717) is 6.42 Å². The normalized spacial score (nSPS) is 19.7. The lowest BCUT2D eigenvalue weighted by Gasteiger charge is -2.23. The highest BCUT2D eigenvalue weighted by Gasteiger charge is 2.40. The minimum absolute atomic E-state index is 0.0949. The van der Waals surface area contributed by atoms with E-state index in [-0.39, 0.29) is 17.9 Å².